The Hall–Kier alpha value is -3.14. The molecule has 3 aromatic rings. The van der Waals surface area contributed by atoms with Crippen LogP contribution in [0.1, 0.15) is 5.56 Å². The van der Waals surface area contributed by atoms with Gasteiger partial charge in [-0.3, -0.25) is 14.0 Å². The molecule has 0 radical (unpaired) electrons. The molecule has 1 aliphatic heterocycles. The number of hydrogen-bond donors (Lipinski definition) is 0. The van der Waals surface area contributed by atoms with Gasteiger partial charge in [0, 0.05) is 39.8 Å². The molecule has 0 saturated carbocycles. The van der Waals surface area contributed by atoms with Crippen LogP contribution >= 0.6 is 0 Å². The number of piperazine rings is 1. The van der Waals surface area contributed by atoms with Crippen molar-refractivity contribution >= 4 is 21.6 Å². The number of sulfonamides is 1. The van der Waals surface area contributed by atoms with Crippen molar-refractivity contribution in [2.75, 3.05) is 44.1 Å². The second-order valence-corrected chi connectivity index (χ2v) is 10.3. The van der Waals surface area contributed by atoms with Crippen molar-refractivity contribution in [2.45, 2.75) is 11.4 Å². The lowest BCUT2D eigenvalue weighted by Gasteiger charge is -2.34. The molecule has 1 heterocycles. The number of hydrogen-bond acceptors (Lipinski definition) is 5. The maximum absolute atomic E-state index is 13.1. The number of carbonyl (C=O) groups excluding carboxylic acids is 1. The number of amides is 1. The minimum absolute atomic E-state index is 0. The van der Waals surface area contributed by atoms with Crippen molar-refractivity contribution < 1.29 is 34.7 Å². The van der Waals surface area contributed by atoms with E-state index in [1.807, 2.05) is 18.2 Å². The van der Waals surface area contributed by atoms with Gasteiger partial charge in [-0.05, 0) is 54.1 Å². The summed E-state index contributed by atoms with van der Waals surface area (Å²) in [5.41, 5.74) is 1.68. The van der Waals surface area contributed by atoms with Crippen LogP contribution in [0.5, 0.6) is 5.75 Å². The van der Waals surface area contributed by atoms with Gasteiger partial charge in [0.25, 0.3) is 15.9 Å². The fourth-order valence-electron chi connectivity index (χ4n) is 3.89. The smallest absolute Gasteiger partial charge is 0.264 e. The van der Waals surface area contributed by atoms with Crippen LogP contribution < -0.4 is 21.4 Å². The first-order valence-corrected chi connectivity index (χ1v) is 12.8. The zero-order valence-electron chi connectivity index (χ0n) is 19.9. The van der Waals surface area contributed by atoms with Gasteiger partial charge in [0.15, 0.2) is 6.61 Å². The normalized spacial score (nSPS) is 14.1. The Labute approximate surface area is 217 Å². The molecule has 1 saturated heterocycles. The lowest BCUT2D eigenvalue weighted by atomic mass is 10.2. The van der Waals surface area contributed by atoms with Crippen molar-refractivity contribution in [1.29, 1.82) is 0 Å². The van der Waals surface area contributed by atoms with Crippen LogP contribution in [0.25, 0.3) is 0 Å². The maximum Gasteiger partial charge on any atom is 0.264 e. The molecule has 0 unspecified atom stereocenters. The van der Waals surface area contributed by atoms with E-state index in [1.54, 1.807) is 29.2 Å². The van der Waals surface area contributed by atoms with Crippen molar-refractivity contribution in [3.63, 3.8) is 0 Å². The molecule has 10 heteroatoms. The molecule has 7 nitrogen and oxygen atoms in total. The fraction of sp³-hybridized carbons (Fsp3) is 0.269. The van der Waals surface area contributed by atoms with Gasteiger partial charge in [-0.1, -0.05) is 30.3 Å². The van der Waals surface area contributed by atoms with Crippen LogP contribution in [-0.2, 0) is 21.4 Å². The first kappa shape index (κ1) is 27.4. The largest absolute Gasteiger partial charge is 1.00 e. The van der Waals surface area contributed by atoms with Crippen LogP contribution in [0.3, 0.4) is 0 Å². The highest BCUT2D eigenvalue weighted by molar-refractivity contribution is 7.92. The van der Waals surface area contributed by atoms with Crippen LogP contribution in [0, 0.1) is 5.82 Å². The lowest BCUT2D eigenvalue weighted by molar-refractivity contribution is -0.135. The Balaban J connectivity index is 0.00000361. The standard InChI is InChI=1S/C26H28FN3O4S.ClH/c1-28(35(32,33)25-13-7-22(27)8-14-25)23-9-11-24(12-10-23)34-20-26(31)30-17-15-29(16-18-30)19-21-5-3-2-4-6-21;/h2-14H,15-20H2,1H3;1H/p-1. The quantitative estimate of drug-likeness (QED) is 0.419. The maximum atomic E-state index is 13.1. The van der Waals surface area contributed by atoms with Gasteiger partial charge in [-0.25, -0.2) is 12.8 Å². The minimum atomic E-state index is -3.83. The van der Waals surface area contributed by atoms with Gasteiger partial charge < -0.3 is 22.0 Å². The highest BCUT2D eigenvalue weighted by atomic mass is 35.5. The summed E-state index contributed by atoms with van der Waals surface area (Å²) in [7, 11) is -2.40. The van der Waals surface area contributed by atoms with Crippen LogP contribution in [0.15, 0.2) is 83.8 Å². The third-order valence-electron chi connectivity index (χ3n) is 6.01. The second kappa shape index (κ2) is 12.2. The molecule has 0 aromatic heterocycles. The van der Waals surface area contributed by atoms with E-state index < -0.39 is 15.8 Å². The first-order valence-electron chi connectivity index (χ1n) is 11.3. The molecule has 1 aliphatic rings. The van der Waals surface area contributed by atoms with E-state index in [1.165, 1.54) is 24.7 Å². The Bertz CT molecular complexity index is 1230. The molecule has 0 N–H and O–H groups in total. The molecular weight excluding hydrogens is 505 g/mol. The Morgan fingerprint density at radius 3 is 2.14 bits per heavy atom. The van der Waals surface area contributed by atoms with Gasteiger partial charge in [0.05, 0.1) is 10.6 Å². The molecular formula is C26H28ClFN3O4S-. The highest BCUT2D eigenvalue weighted by Gasteiger charge is 2.23. The second-order valence-electron chi connectivity index (χ2n) is 8.35. The van der Waals surface area contributed by atoms with E-state index in [4.69, 9.17) is 4.74 Å². The van der Waals surface area contributed by atoms with Gasteiger partial charge >= 0.3 is 0 Å². The number of benzene rings is 3. The van der Waals surface area contributed by atoms with Crippen LogP contribution in [-0.4, -0.2) is 64.0 Å². The van der Waals surface area contributed by atoms with Crippen molar-refractivity contribution in [1.82, 2.24) is 9.80 Å². The molecule has 0 atom stereocenters. The lowest BCUT2D eigenvalue weighted by Crippen LogP contribution is -3.00. The number of halogens is 2. The van der Waals surface area contributed by atoms with E-state index in [0.717, 1.165) is 36.1 Å². The van der Waals surface area contributed by atoms with Gasteiger partial charge in [0.2, 0.25) is 0 Å². The Morgan fingerprint density at radius 2 is 1.53 bits per heavy atom. The zero-order valence-corrected chi connectivity index (χ0v) is 21.5. The van der Waals surface area contributed by atoms with E-state index in [-0.39, 0.29) is 29.8 Å². The SMILES string of the molecule is CN(c1ccc(OCC(=O)N2CCN(Cc3ccccc3)CC2)cc1)S(=O)(=O)c1ccc(F)cc1.[Cl-]. The molecule has 3 aromatic carbocycles. The molecule has 4 rings (SSSR count). The predicted octanol–water partition coefficient (Wildman–Crippen LogP) is 0.378. The van der Waals surface area contributed by atoms with Gasteiger partial charge in [-0.15, -0.1) is 0 Å². The van der Waals surface area contributed by atoms with Gasteiger partial charge in [-0.2, -0.15) is 0 Å². The summed E-state index contributed by atoms with van der Waals surface area (Å²) in [5.74, 6) is -0.112. The summed E-state index contributed by atoms with van der Waals surface area (Å²) >= 11 is 0. The zero-order chi connectivity index (χ0) is 24.8. The summed E-state index contributed by atoms with van der Waals surface area (Å²) < 4.78 is 45.4. The molecule has 0 bridgehead atoms. The number of nitrogens with zero attached hydrogens (tertiary/aromatic N) is 3. The Morgan fingerprint density at radius 1 is 0.917 bits per heavy atom. The predicted molar refractivity (Wildman–Crippen MR) is 132 cm³/mol. The average Bonchev–Trinajstić information content (AvgIpc) is 2.88. The van der Waals surface area contributed by atoms with Crippen molar-refractivity contribution in [3.8, 4) is 5.75 Å². The fourth-order valence-corrected chi connectivity index (χ4v) is 5.08. The van der Waals surface area contributed by atoms with Crippen molar-refractivity contribution in [3.05, 3.63) is 90.2 Å². The summed E-state index contributed by atoms with van der Waals surface area (Å²) in [6, 6.07) is 21.4. The Kier molecular flexibility index (Phi) is 9.31. The van der Waals surface area contributed by atoms with E-state index in [2.05, 4.69) is 17.0 Å². The summed E-state index contributed by atoms with van der Waals surface area (Å²) in [6.45, 7) is 3.72. The summed E-state index contributed by atoms with van der Waals surface area (Å²) in [6.07, 6.45) is 0. The van der Waals surface area contributed by atoms with Crippen LogP contribution in [0.4, 0.5) is 10.1 Å². The number of rotatable bonds is 8. The number of ether oxygens (including phenoxy) is 1. The molecule has 0 spiro atoms. The molecule has 36 heavy (non-hydrogen) atoms. The third kappa shape index (κ3) is 6.75. The first-order chi connectivity index (χ1) is 16.8. The van der Waals surface area contributed by atoms with Crippen LogP contribution in [0.2, 0.25) is 0 Å². The number of anilines is 1. The highest BCUT2D eigenvalue weighted by Crippen LogP contribution is 2.24. The van der Waals surface area contributed by atoms with E-state index in [9.17, 15) is 17.6 Å². The number of carbonyl (C=O) groups is 1. The van der Waals surface area contributed by atoms with Crippen molar-refractivity contribution in [2.24, 2.45) is 0 Å². The average molecular weight is 533 g/mol. The third-order valence-corrected chi connectivity index (χ3v) is 7.81. The minimum Gasteiger partial charge on any atom is -1.00 e. The monoisotopic (exact) mass is 532 g/mol. The molecule has 192 valence electrons. The topological polar surface area (TPSA) is 70.2 Å². The van der Waals surface area contributed by atoms with E-state index >= 15 is 0 Å². The van der Waals surface area contributed by atoms with E-state index in [0.29, 0.717) is 24.5 Å². The molecule has 1 amide bonds. The molecule has 1 fully saturated rings. The van der Waals surface area contributed by atoms with Gasteiger partial charge in [0.1, 0.15) is 11.6 Å². The molecule has 0 aliphatic carbocycles. The summed E-state index contributed by atoms with van der Waals surface area (Å²) in [5, 5.41) is 0. The summed E-state index contributed by atoms with van der Waals surface area (Å²) in [4.78, 5) is 16.7.